The molecule has 0 aliphatic carbocycles. The molecule has 1 saturated heterocycles. The summed E-state index contributed by atoms with van der Waals surface area (Å²) in [6.07, 6.45) is 3.38. The van der Waals surface area contributed by atoms with Crippen molar-refractivity contribution < 1.29 is 19.1 Å². The Morgan fingerprint density at radius 2 is 2.14 bits per heavy atom. The molecule has 1 fully saturated rings. The number of carbonyl (C=O) groups is 2. The highest BCUT2D eigenvalue weighted by molar-refractivity contribution is 5.91. The molecule has 118 valence electrons. The zero-order chi connectivity index (χ0) is 15.9. The van der Waals surface area contributed by atoms with E-state index in [0.717, 1.165) is 5.56 Å². The van der Waals surface area contributed by atoms with Gasteiger partial charge in [0.1, 0.15) is 5.75 Å². The third-order valence-electron chi connectivity index (χ3n) is 3.23. The van der Waals surface area contributed by atoms with Crippen LogP contribution in [0, 0.1) is 0 Å². The molecule has 1 aliphatic rings. The largest absolute Gasteiger partial charge is 0.484 e. The van der Waals surface area contributed by atoms with Crippen molar-refractivity contribution in [3.8, 4) is 5.75 Å². The van der Waals surface area contributed by atoms with E-state index in [4.69, 9.17) is 15.2 Å². The minimum absolute atomic E-state index is 0.0239. The maximum Gasteiger partial charge on any atom is 0.255 e. The smallest absolute Gasteiger partial charge is 0.255 e. The van der Waals surface area contributed by atoms with Gasteiger partial charge in [-0.3, -0.25) is 9.59 Å². The zero-order valence-corrected chi connectivity index (χ0v) is 12.5. The monoisotopic (exact) mass is 304 g/mol. The molecule has 22 heavy (non-hydrogen) atoms. The summed E-state index contributed by atoms with van der Waals surface area (Å²) in [6, 6.07) is 7.07. The second-order valence-corrected chi connectivity index (χ2v) is 5.12. The Kier molecular flexibility index (Phi) is 5.55. The summed E-state index contributed by atoms with van der Waals surface area (Å²) >= 11 is 0. The molecule has 6 heteroatoms. The van der Waals surface area contributed by atoms with Crippen LogP contribution in [0.4, 0.5) is 0 Å². The summed E-state index contributed by atoms with van der Waals surface area (Å²) in [4.78, 5) is 24.5. The van der Waals surface area contributed by atoms with Gasteiger partial charge in [-0.05, 0) is 30.7 Å². The molecular formula is C16H20N2O4. The molecule has 1 aromatic rings. The van der Waals surface area contributed by atoms with Gasteiger partial charge in [0.15, 0.2) is 6.61 Å². The summed E-state index contributed by atoms with van der Waals surface area (Å²) in [5.41, 5.74) is 5.88. The first-order chi connectivity index (χ1) is 10.5. The Bertz CT molecular complexity index is 554. The Labute approximate surface area is 129 Å². The van der Waals surface area contributed by atoms with E-state index in [9.17, 15) is 9.59 Å². The number of nitrogens with zero attached hydrogens (tertiary/aromatic N) is 1. The summed E-state index contributed by atoms with van der Waals surface area (Å²) < 4.78 is 10.6. The van der Waals surface area contributed by atoms with Crippen molar-refractivity contribution in [3.63, 3.8) is 0 Å². The lowest BCUT2D eigenvalue weighted by Crippen LogP contribution is -2.43. The van der Waals surface area contributed by atoms with E-state index in [2.05, 4.69) is 0 Å². The van der Waals surface area contributed by atoms with Gasteiger partial charge >= 0.3 is 0 Å². The quantitative estimate of drug-likeness (QED) is 0.816. The summed E-state index contributed by atoms with van der Waals surface area (Å²) in [7, 11) is 0. The van der Waals surface area contributed by atoms with Crippen molar-refractivity contribution in [1.82, 2.24) is 4.90 Å². The molecule has 2 rings (SSSR count). The van der Waals surface area contributed by atoms with Crippen molar-refractivity contribution in [2.45, 2.75) is 13.0 Å². The predicted octanol–water partition coefficient (Wildman–Crippen LogP) is 0.811. The number of rotatable bonds is 5. The second kappa shape index (κ2) is 7.61. The highest BCUT2D eigenvalue weighted by Crippen LogP contribution is 2.13. The number of amides is 2. The minimum atomic E-state index is -0.519. The first-order valence-electron chi connectivity index (χ1n) is 7.14. The summed E-state index contributed by atoms with van der Waals surface area (Å²) in [6.45, 7) is 3.61. The number of primary amides is 1. The fraction of sp³-hybridized carbons (Fsp3) is 0.375. The first-order valence-corrected chi connectivity index (χ1v) is 7.14. The highest BCUT2D eigenvalue weighted by atomic mass is 16.5. The van der Waals surface area contributed by atoms with Crippen LogP contribution in [0.2, 0.25) is 0 Å². The second-order valence-electron chi connectivity index (χ2n) is 5.12. The predicted molar refractivity (Wildman–Crippen MR) is 82.2 cm³/mol. The number of morpholine rings is 1. The molecule has 0 radical (unpaired) electrons. The van der Waals surface area contributed by atoms with Crippen LogP contribution in [-0.4, -0.2) is 49.1 Å². The third-order valence-corrected chi connectivity index (χ3v) is 3.23. The molecule has 2 N–H and O–H groups in total. The van der Waals surface area contributed by atoms with Crippen LogP contribution in [-0.2, 0) is 14.3 Å². The number of benzene rings is 1. The standard InChI is InChI=1S/C16H20N2O4/c1-12-10-18(8-9-21-12)16(20)7-4-13-2-5-14(6-3-13)22-11-15(17)19/h2-7,12H,8-11H2,1H3,(H2,17,19). The average Bonchev–Trinajstić information content (AvgIpc) is 2.51. The number of ether oxygens (including phenoxy) is 2. The number of hydrogen-bond donors (Lipinski definition) is 1. The van der Waals surface area contributed by atoms with E-state index in [1.54, 1.807) is 29.2 Å². The maximum atomic E-state index is 12.1. The van der Waals surface area contributed by atoms with E-state index in [1.807, 2.05) is 19.1 Å². The third kappa shape index (κ3) is 4.89. The van der Waals surface area contributed by atoms with Crippen molar-refractivity contribution in [3.05, 3.63) is 35.9 Å². The van der Waals surface area contributed by atoms with Crippen LogP contribution in [0.3, 0.4) is 0 Å². The van der Waals surface area contributed by atoms with Crippen LogP contribution >= 0.6 is 0 Å². The van der Waals surface area contributed by atoms with Crippen molar-refractivity contribution in [2.75, 3.05) is 26.3 Å². The van der Waals surface area contributed by atoms with Crippen molar-refractivity contribution in [2.24, 2.45) is 5.73 Å². The van der Waals surface area contributed by atoms with Gasteiger partial charge in [0.2, 0.25) is 5.91 Å². The van der Waals surface area contributed by atoms with Gasteiger partial charge in [0.25, 0.3) is 5.91 Å². The Balaban J connectivity index is 1.89. The van der Waals surface area contributed by atoms with E-state index in [0.29, 0.717) is 25.4 Å². The molecule has 0 spiro atoms. The van der Waals surface area contributed by atoms with E-state index >= 15 is 0 Å². The van der Waals surface area contributed by atoms with Gasteiger partial charge in [-0.1, -0.05) is 12.1 Å². The van der Waals surface area contributed by atoms with Crippen LogP contribution in [0.25, 0.3) is 6.08 Å². The molecule has 1 aromatic carbocycles. The molecule has 1 unspecified atom stereocenters. The molecule has 0 aromatic heterocycles. The zero-order valence-electron chi connectivity index (χ0n) is 12.5. The lowest BCUT2D eigenvalue weighted by Gasteiger charge is -2.30. The first kappa shape index (κ1) is 16.0. The van der Waals surface area contributed by atoms with Gasteiger partial charge in [-0.15, -0.1) is 0 Å². The Morgan fingerprint density at radius 1 is 1.41 bits per heavy atom. The van der Waals surface area contributed by atoms with Crippen LogP contribution < -0.4 is 10.5 Å². The lowest BCUT2D eigenvalue weighted by atomic mass is 10.2. The average molecular weight is 304 g/mol. The molecule has 0 saturated carbocycles. The number of carbonyl (C=O) groups excluding carboxylic acids is 2. The van der Waals surface area contributed by atoms with Gasteiger partial charge < -0.3 is 20.1 Å². The topological polar surface area (TPSA) is 81.9 Å². The molecule has 1 heterocycles. The van der Waals surface area contributed by atoms with Crippen LogP contribution in [0.15, 0.2) is 30.3 Å². The van der Waals surface area contributed by atoms with Crippen LogP contribution in [0.1, 0.15) is 12.5 Å². The maximum absolute atomic E-state index is 12.1. The van der Waals surface area contributed by atoms with E-state index in [1.165, 1.54) is 0 Å². The number of nitrogens with two attached hydrogens (primary N) is 1. The van der Waals surface area contributed by atoms with Crippen molar-refractivity contribution >= 4 is 17.9 Å². The Hall–Kier alpha value is -2.34. The summed E-state index contributed by atoms with van der Waals surface area (Å²) in [5.74, 6) is 0.0165. The molecule has 2 amide bonds. The molecule has 1 aliphatic heterocycles. The van der Waals surface area contributed by atoms with E-state index in [-0.39, 0.29) is 18.6 Å². The normalized spacial score (nSPS) is 18.4. The highest BCUT2D eigenvalue weighted by Gasteiger charge is 2.19. The van der Waals surface area contributed by atoms with Gasteiger partial charge in [0, 0.05) is 19.2 Å². The fourth-order valence-corrected chi connectivity index (χ4v) is 2.12. The van der Waals surface area contributed by atoms with Gasteiger partial charge in [-0.2, -0.15) is 0 Å². The molecule has 6 nitrogen and oxygen atoms in total. The fourth-order valence-electron chi connectivity index (χ4n) is 2.12. The van der Waals surface area contributed by atoms with Crippen LogP contribution in [0.5, 0.6) is 5.75 Å². The molecule has 0 bridgehead atoms. The minimum Gasteiger partial charge on any atom is -0.484 e. The SMILES string of the molecule is CC1CN(C(=O)C=Cc2ccc(OCC(N)=O)cc2)CCO1. The summed E-state index contributed by atoms with van der Waals surface area (Å²) in [5, 5.41) is 0. The van der Waals surface area contributed by atoms with Gasteiger partial charge in [0.05, 0.1) is 12.7 Å². The van der Waals surface area contributed by atoms with E-state index < -0.39 is 5.91 Å². The number of hydrogen-bond acceptors (Lipinski definition) is 4. The molecule has 1 atom stereocenters. The van der Waals surface area contributed by atoms with Gasteiger partial charge in [-0.25, -0.2) is 0 Å². The Morgan fingerprint density at radius 3 is 2.77 bits per heavy atom. The lowest BCUT2D eigenvalue weighted by molar-refractivity contribution is -0.132. The molecular weight excluding hydrogens is 284 g/mol. The van der Waals surface area contributed by atoms with Crippen molar-refractivity contribution in [1.29, 1.82) is 0 Å².